The summed E-state index contributed by atoms with van der Waals surface area (Å²) in [4.78, 5) is 4.31. The second kappa shape index (κ2) is 8.90. The van der Waals surface area contributed by atoms with Crippen molar-refractivity contribution in [3.63, 3.8) is 0 Å². The van der Waals surface area contributed by atoms with Gasteiger partial charge in [-0.1, -0.05) is 78.2 Å². The maximum atomic E-state index is 5.84. The van der Waals surface area contributed by atoms with Crippen molar-refractivity contribution >= 4 is 22.5 Å². The van der Waals surface area contributed by atoms with Crippen molar-refractivity contribution in [1.82, 2.24) is 15.2 Å². The number of aromatic nitrogens is 3. The first-order chi connectivity index (χ1) is 15.4. The number of thioether (sulfide) groups is 1. The van der Waals surface area contributed by atoms with E-state index in [2.05, 4.69) is 45.2 Å². The Bertz CT molecular complexity index is 1370. The molecule has 0 unspecified atom stereocenters. The highest BCUT2D eigenvalue weighted by Crippen LogP contribution is 2.29. The van der Waals surface area contributed by atoms with Crippen molar-refractivity contribution in [2.24, 2.45) is 0 Å². The summed E-state index contributed by atoms with van der Waals surface area (Å²) in [5, 5.41) is 11.1. The van der Waals surface area contributed by atoms with Crippen LogP contribution in [0.25, 0.3) is 33.7 Å². The molecule has 5 rings (SSSR count). The van der Waals surface area contributed by atoms with E-state index in [1.165, 1.54) is 11.8 Å². The van der Waals surface area contributed by atoms with E-state index in [1.807, 2.05) is 54.6 Å². The smallest absolute Gasteiger partial charge is 0.277 e. The third kappa shape index (κ3) is 4.37. The zero-order chi connectivity index (χ0) is 20.9. The maximum absolute atomic E-state index is 5.84. The maximum Gasteiger partial charge on any atom is 0.277 e. The lowest BCUT2D eigenvalue weighted by atomic mass is 10.0. The first kappa shape index (κ1) is 19.2. The highest BCUT2D eigenvalue weighted by atomic mass is 32.2. The second-order valence-corrected chi connectivity index (χ2v) is 7.64. The Balaban J connectivity index is 1.20. The number of benzene rings is 3. The van der Waals surface area contributed by atoms with Gasteiger partial charge >= 0.3 is 0 Å². The molecule has 0 atom stereocenters. The van der Waals surface area contributed by atoms with Gasteiger partial charge in [0.15, 0.2) is 0 Å². The number of hydrogen-bond acceptors (Lipinski definition) is 6. The van der Waals surface area contributed by atoms with Crippen LogP contribution >= 0.6 is 11.8 Å². The SMILES string of the molecule is C(#CCc1cnc(-c2ccccc2)o1)CSc1nnc(-c2cccc3ccccc23)o1. The molecule has 0 saturated heterocycles. The normalized spacial score (nSPS) is 10.7. The van der Waals surface area contributed by atoms with Crippen molar-refractivity contribution in [3.8, 4) is 34.7 Å². The van der Waals surface area contributed by atoms with Gasteiger partial charge in [0.05, 0.1) is 18.4 Å². The molecule has 6 heteroatoms. The molecule has 0 radical (unpaired) electrons. The monoisotopic (exact) mass is 423 g/mol. The average Bonchev–Trinajstić information content (AvgIpc) is 3.49. The van der Waals surface area contributed by atoms with Crippen LogP contribution in [0.5, 0.6) is 0 Å². The molecule has 2 aromatic heterocycles. The highest BCUT2D eigenvalue weighted by molar-refractivity contribution is 7.99. The molecule has 0 aliphatic carbocycles. The molecule has 150 valence electrons. The first-order valence-corrected chi connectivity index (χ1v) is 10.8. The highest BCUT2D eigenvalue weighted by Gasteiger charge is 2.11. The number of hydrogen-bond donors (Lipinski definition) is 0. The van der Waals surface area contributed by atoms with Crippen LogP contribution in [0.3, 0.4) is 0 Å². The van der Waals surface area contributed by atoms with E-state index in [9.17, 15) is 0 Å². The van der Waals surface area contributed by atoms with E-state index in [0.717, 1.165) is 27.7 Å². The van der Waals surface area contributed by atoms with Gasteiger partial charge in [-0.05, 0) is 29.0 Å². The summed E-state index contributed by atoms with van der Waals surface area (Å²) in [5.74, 6) is 8.63. The Morgan fingerprint density at radius 1 is 0.774 bits per heavy atom. The van der Waals surface area contributed by atoms with Crippen molar-refractivity contribution < 1.29 is 8.83 Å². The molecule has 0 saturated carbocycles. The van der Waals surface area contributed by atoms with Crippen molar-refractivity contribution in [1.29, 1.82) is 0 Å². The molecule has 0 aliphatic rings. The molecular formula is C25H17N3O2S. The van der Waals surface area contributed by atoms with Gasteiger partial charge in [0.2, 0.25) is 11.8 Å². The molecule has 0 spiro atoms. The van der Waals surface area contributed by atoms with Gasteiger partial charge in [-0.3, -0.25) is 0 Å². The Hall–Kier alpha value is -3.82. The van der Waals surface area contributed by atoms with Crippen molar-refractivity contribution in [2.45, 2.75) is 11.6 Å². The summed E-state index contributed by atoms with van der Waals surface area (Å²) in [6.07, 6.45) is 2.23. The molecule has 2 heterocycles. The topological polar surface area (TPSA) is 65.0 Å². The van der Waals surface area contributed by atoms with Gasteiger partial charge in [-0.2, -0.15) is 0 Å². The van der Waals surface area contributed by atoms with Crippen LogP contribution in [0, 0.1) is 11.8 Å². The van der Waals surface area contributed by atoms with E-state index < -0.39 is 0 Å². The van der Waals surface area contributed by atoms with E-state index >= 15 is 0 Å². The molecule has 5 nitrogen and oxygen atoms in total. The zero-order valence-electron chi connectivity index (χ0n) is 16.5. The summed E-state index contributed by atoms with van der Waals surface area (Å²) >= 11 is 1.42. The molecule has 0 bridgehead atoms. The molecule has 5 aromatic rings. The minimum atomic E-state index is 0.503. The van der Waals surface area contributed by atoms with E-state index in [-0.39, 0.29) is 0 Å². The van der Waals surface area contributed by atoms with Gasteiger partial charge in [-0.25, -0.2) is 4.98 Å². The summed E-state index contributed by atoms with van der Waals surface area (Å²) in [5.41, 5.74) is 1.89. The quantitative estimate of drug-likeness (QED) is 0.260. The zero-order valence-corrected chi connectivity index (χ0v) is 17.3. The third-order valence-electron chi connectivity index (χ3n) is 4.66. The third-order valence-corrected chi connectivity index (χ3v) is 5.36. The van der Waals surface area contributed by atoms with Crippen LogP contribution in [0.4, 0.5) is 0 Å². The fraction of sp³-hybridized carbons (Fsp3) is 0.0800. The van der Waals surface area contributed by atoms with Crippen molar-refractivity contribution in [3.05, 3.63) is 84.8 Å². The fourth-order valence-electron chi connectivity index (χ4n) is 3.19. The van der Waals surface area contributed by atoms with Crippen LogP contribution < -0.4 is 0 Å². The summed E-state index contributed by atoms with van der Waals surface area (Å²) < 4.78 is 11.6. The molecular weight excluding hydrogens is 406 g/mol. The summed E-state index contributed by atoms with van der Waals surface area (Å²) in [7, 11) is 0. The van der Waals surface area contributed by atoms with E-state index in [0.29, 0.717) is 29.2 Å². The molecule has 0 N–H and O–H groups in total. The lowest BCUT2D eigenvalue weighted by Crippen LogP contribution is -1.80. The second-order valence-electron chi connectivity index (χ2n) is 6.72. The Labute approximate surface area is 183 Å². The van der Waals surface area contributed by atoms with Gasteiger partial charge in [0, 0.05) is 11.1 Å². The van der Waals surface area contributed by atoms with Crippen LogP contribution in [0.2, 0.25) is 0 Å². The number of oxazole rings is 1. The number of rotatable bonds is 5. The Morgan fingerprint density at radius 2 is 1.61 bits per heavy atom. The Kier molecular flexibility index (Phi) is 5.50. The molecule has 0 amide bonds. The van der Waals surface area contributed by atoms with Crippen LogP contribution in [0.15, 0.2) is 93.1 Å². The summed E-state index contributed by atoms with van der Waals surface area (Å²) in [6, 6.07) is 24.0. The lowest BCUT2D eigenvalue weighted by molar-refractivity contribution is 0.466. The number of nitrogens with zero attached hydrogens (tertiary/aromatic N) is 3. The van der Waals surface area contributed by atoms with Gasteiger partial charge in [-0.15, -0.1) is 10.2 Å². The van der Waals surface area contributed by atoms with E-state index in [1.54, 1.807) is 6.20 Å². The lowest BCUT2D eigenvalue weighted by Gasteiger charge is -2.01. The van der Waals surface area contributed by atoms with Crippen molar-refractivity contribution in [2.75, 3.05) is 5.75 Å². The van der Waals surface area contributed by atoms with E-state index in [4.69, 9.17) is 8.83 Å². The van der Waals surface area contributed by atoms with Gasteiger partial charge in [0.1, 0.15) is 5.76 Å². The minimum absolute atomic E-state index is 0.503. The molecule has 3 aromatic carbocycles. The first-order valence-electron chi connectivity index (χ1n) is 9.77. The Morgan fingerprint density at radius 3 is 2.55 bits per heavy atom. The summed E-state index contributed by atoms with van der Waals surface area (Å²) in [6.45, 7) is 0. The fourth-order valence-corrected chi connectivity index (χ4v) is 3.72. The largest absolute Gasteiger partial charge is 0.440 e. The van der Waals surface area contributed by atoms with Gasteiger partial charge in [0.25, 0.3) is 5.22 Å². The van der Waals surface area contributed by atoms with Crippen LogP contribution in [-0.2, 0) is 6.42 Å². The number of fused-ring (bicyclic) bond motifs is 1. The average molecular weight is 423 g/mol. The molecule has 31 heavy (non-hydrogen) atoms. The molecule has 0 fully saturated rings. The predicted octanol–water partition coefficient (Wildman–Crippen LogP) is 5.88. The predicted molar refractivity (Wildman–Crippen MR) is 121 cm³/mol. The molecule has 0 aliphatic heterocycles. The standard InChI is InChI=1S/C25H17N3O2S/c1-2-10-19(11-3-1)23-26-17-20(29-23)13-6-7-16-31-25-28-27-24(30-25)22-15-8-12-18-9-4-5-14-21(18)22/h1-5,8-12,14-15,17H,13,16H2. The van der Waals surface area contributed by atoms with Crippen LogP contribution in [-0.4, -0.2) is 20.9 Å². The van der Waals surface area contributed by atoms with Gasteiger partial charge < -0.3 is 8.83 Å². The minimum Gasteiger partial charge on any atom is -0.440 e. The van der Waals surface area contributed by atoms with Crippen LogP contribution in [0.1, 0.15) is 5.76 Å².